The van der Waals surface area contributed by atoms with Crippen molar-refractivity contribution < 1.29 is 0 Å². The zero-order valence-electron chi connectivity index (χ0n) is 14.0. The van der Waals surface area contributed by atoms with E-state index in [1.54, 1.807) is 0 Å². The third kappa shape index (κ3) is 4.10. The highest BCUT2D eigenvalue weighted by molar-refractivity contribution is 14.1. The van der Waals surface area contributed by atoms with Gasteiger partial charge in [0.15, 0.2) is 0 Å². The van der Waals surface area contributed by atoms with E-state index in [0.717, 1.165) is 0 Å². The van der Waals surface area contributed by atoms with Crippen LogP contribution >= 0.6 is 22.6 Å². The van der Waals surface area contributed by atoms with Gasteiger partial charge in [-0.05, 0) is 102 Å². The lowest BCUT2D eigenvalue weighted by atomic mass is 10.0. The summed E-state index contributed by atoms with van der Waals surface area (Å²) >= 11 is 2.42. The van der Waals surface area contributed by atoms with Crippen LogP contribution in [0.2, 0.25) is 0 Å². The van der Waals surface area contributed by atoms with Gasteiger partial charge in [-0.3, -0.25) is 0 Å². The lowest BCUT2D eigenvalue weighted by Crippen LogP contribution is -1.85. The van der Waals surface area contributed by atoms with E-state index < -0.39 is 0 Å². The van der Waals surface area contributed by atoms with Crippen LogP contribution in [0, 0.1) is 27.7 Å². The molecular formula is C21H23I. The summed E-state index contributed by atoms with van der Waals surface area (Å²) in [5, 5.41) is 0. The van der Waals surface area contributed by atoms with E-state index in [0.29, 0.717) is 0 Å². The lowest BCUT2D eigenvalue weighted by molar-refractivity contribution is 1.33. The quantitative estimate of drug-likeness (QED) is 0.391. The maximum Gasteiger partial charge on any atom is 0.0202 e. The number of halogens is 1. The monoisotopic (exact) mass is 402 g/mol. The minimum absolute atomic E-state index is 1.27. The Bertz CT molecular complexity index is 683. The molecule has 2 aromatic carbocycles. The van der Waals surface area contributed by atoms with Crippen molar-refractivity contribution >= 4 is 31.7 Å². The molecule has 0 amide bonds. The van der Waals surface area contributed by atoms with Gasteiger partial charge in [0.1, 0.15) is 0 Å². The Hall–Kier alpha value is -1.35. The van der Waals surface area contributed by atoms with Crippen LogP contribution in [0.3, 0.4) is 0 Å². The molecule has 0 saturated carbocycles. The fourth-order valence-electron chi connectivity index (χ4n) is 2.27. The van der Waals surface area contributed by atoms with E-state index in [2.05, 4.69) is 106 Å². The summed E-state index contributed by atoms with van der Waals surface area (Å²) in [6.45, 7) is 10.8. The molecule has 22 heavy (non-hydrogen) atoms. The smallest absolute Gasteiger partial charge is 0.0202 e. The number of rotatable bonds is 3. The molecule has 0 fully saturated rings. The Morgan fingerprint density at radius 1 is 0.727 bits per heavy atom. The van der Waals surface area contributed by atoms with Gasteiger partial charge in [0.05, 0.1) is 0 Å². The molecule has 0 aliphatic rings. The minimum Gasteiger partial charge on any atom is -0.0585 e. The van der Waals surface area contributed by atoms with Gasteiger partial charge in [0, 0.05) is 3.58 Å². The summed E-state index contributed by atoms with van der Waals surface area (Å²) in [6.07, 6.45) is 4.41. The molecule has 0 N–H and O–H groups in total. The maximum absolute atomic E-state index is 2.42. The first-order valence-corrected chi connectivity index (χ1v) is 8.65. The lowest BCUT2D eigenvalue weighted by Gasteiger charge is -2.06. The minimum atomic E-state index is 1.27. The van der Waals surface area contributed by atoms with Gasteiger partial charge >= 0.3 is 0 Å². The first kappa shape index (κ1) is 17.0. The summed E-state index contributed by atoms with van der Waals surface area (Å²) in [5.41, 5.74) is 9.25. The second-order valence-corrected chi connectivity index (χ2v) is 7.12. The van der Waals surface area contributed by atoms with Crippen LogP contribution in [0.4, 0.5) is 0 Å². The summed E-state index contributed by atoms with van der Waals surface area (Å²) in [7, 11) is 0. The number of aryl methyl sites for hydroxylation is 4. The van der Waals surface area contributed by atoms with E-state index >= 15 is 0 Å². The highest BCUT2D eigenvalue weighted by Gasteiger charge is 2.01. The molecule has 1 heteroatoms. The average Bonchev–Trinajstić information content (AvgIpc) is 2.50. The number of hydrogen-bond acceptors (Lipinski definition) is 0. The molecule has 0 aliphatic heterocycles. The normalized spacial score (nSPS) is 12.6. The zero-order valence-corrected chi connectivity index (χ0v) is 16.2. The molecule has 0 spiro atoms. The highest BCUT2D eigenvalue weighted by Crippen LogP contribution is 2.25. The Morgan fingerprint density at radius 3 is 1.77 bits per heavy atom. The molecule has 0 unspecified atom stereocenters. The van der Waals surface area contributed by atoms with Crippen molar-refractivity contribution in [3.05, 3.63) is 81.9 Å². The topological polar surface area (TPSA) is 0 Å². The van der Waals surface area contributed by atoms with Crippen molar-refractivity contribution in [2.45, 2.75) is 34.6 Å². The third-order valence-corrected chi connectivity index (χ3v) is 5.21. The third-order valence-electron chi connectivity index (χ3n) is 4.22. The zero-order chi connectivity index (χ0) is 16.3. The van der Waals surface area contributed by atoms with Crippen LogP contribution in [0.1, 0.15) is 40.3 Å². The summed E-state index contributed by atoms with van der Waals surface area (Å²) in [5.74, 6) is 0. The van der Waals surface area contributed by atoms with Gasteiger partial charge in [-0.15, -0.1) is 0 Å². The number of benzene rings is 2. The van der Waals surface area contributed by atoms with Crippen LogP contribution in [-0.2, 0) is 0 Å². The van der Waals surface area contributed by atoms with Gasteiger partial charge in [0.25, 0.3) is 0 Å². The Kier molecular flexibility index (Phi) is 5.63. The van der Waals surface area contributed by atoms with Gasteiger partial charge in [-0.2, -0.15) is 0 Å². The molecule has 0 aliphatic carbocycles. The molecule has 0 atom stereocenters. The molecule has 0 radical (unpaired) electrons. The SMILES string of the molecule is C/C(=C\C=C(/I)c1ccc(C)c(C)c1)c1ccc(C)c(C)c1. The first-order valence-electron chi connectivity index (χ1n) is 7.58. The van der Waals surface area contributed by atoms with Gasteiger partial charge in [0.2, 0.25) is 0 Å². The van der Waals surface area contributed by atoms with Crippen molar-refractivity contribution in [3.63, 3.8) is 0 Å². The Balaban J connectivity index is 2.27. The van der Waals surface area contributed by atoms with E-state index in [-0.39, 0.29) is 0 Å². The van der Waals surface area contributed by atoms with Gasteiger partial charge < -0.3 is 0 Å². The molecule has 0 saturated heterocycles. The average molecular weight is 402 g/mol. The van der Waals surface area contributed by atoms with Crippen molar-refractivity contribution in [1.29, 1.82) is 0 Å². The second kappa shape index (κ2) is 7.28. The highest BCUT2D eigenvalue weighted by atomic mass is 127. The molecule has 0 aromatic heterocycles. The fourth-order valence-corrected chi connectivity index (χ4v) is 2.78. The molecular weight excluding hydrogens is 379 g/mol. The van der Waals surface area contributed by atoms with E-state index in [1.807, 2.05) is 0 Å². The molecule has 0 heterocycles. The molecule has 0 bridgehead atoms. The van der Waals surface area contributed by atoms with Crippen LogP contribution < -0.4 is 0 Å². The predicted octanol–water partition coefficient (Wildman–Crippen LogP) is 6.80. The molecule has 2 rings (SSSR count). The van der Waals surface area contributed by atoms with Crippen molar-refractivity contribution in [3.8, 4) is 0 Å². The Morgan fingerprint density at radius 2 is 1.23 bits per heavy atom. The van der Waals surface area contributed by atoms with E-state index in [1.165, 1.54) is 42.5 Å². The Labute approximate surface area is 148 Å². The van der Waals surface area contributed by atoms with Gasteiger partial charge in [-0.25, -0.2) is 0 Å². The van der Waals surface area contributed by atoms with Crippen LogP contribution in [0.25, 0.3) is 9.15 Å². The molecule has 0 nitrogen and oxygen atoms in total. The maximum atomic E-state index is 2.42. The van der Waals surface area contributed by atoms with Crippen molar-refractivity contribution in [2.24, 2.45) is 0 Å². The number of allylic oxidation sites excluding steroid dienone is 3. The van der Waals surface area contributed by atoms with Crippen molar-refractivity contribution in [1.82, 2.24) is 0 Å². The second-order valence-electron chi connectivity index (χ2n) is 5.96. The van der Waals surface area contributed by atoms with E-state index in [9.17, 15) is 0 Å². The fraction of sp³-hybridized carbons (Fsp3) is 0.238. The van der Waals surface area contributed by atoms with Crippen LogP contribution in [0.15, 0.2) is 48.6 Å². The summed E-state index contributed by atoms with van der Waals surface area (Å²) < 4.78 is 1.27. The molecule has 2 aromatic rings. The van der Waals surface area contributed by atoms with E-state index in [4.69, 9.17) is 0 Å². The predicted molar refractivity (Wildman–Crippen MR) is 107 cm³/mol. The number of hydrogen-bond donors (Lipinski definition) is 0. The van der Waals surface area contributed by atoms with Crippen LogP contribution in [-0.4, -0.2) is 0 Å². The van der Waals surface area contributed by atoms with Gasteiger partial charge in [-0.1, -0.05) is 42.5 Å². The summed E-state index contributed by atoms with van der Waals surface area (Å²) in [6, 6.07) is 13.3. The standard InChI is InChI=1S/C21H23I/c1-14-6-9-19(12-17(14)4)16(3)8-11-21(22)20-10-7-15(2)18(5)13-20/h6-13H,1-5H3/b16-8+,21-11-. The van der Waals surface area contributed by atoms with Crippen LogP contribution in [0.5, 0.6) is 0 Å². The first-order chi connectivity index (χ1) is 10.4. The van der Waals surface area contributed by atoms with Crippen molar-refractivity contribution in [2.75, 3.05) is 0 Å². The summed E-state index contributed by atoms with van der Waals surface area (Å²) in [4.78, 5) is 0. The molecule has 114 valence electrons. The largest absolute Gasteiger partial charge is 0.0585 e.